The number of aliphatic hydroxyl groups excluding tert-OH is 1. The molecule has 0 saturated heterocycles. The molecule has 2 rings (SSSR count). The van der Waals surface area contributed by atoms with Crippen molar-refractivity contribution in [3.63, 3.8) is 0 Å². The normalized spacial score (nSPS) is 20.1. The van der Waals surface area contributed by atoms with Crippen LogP contribution < -0.4 is 10.6 Å². The molecule has 1 heterocycles. The van der Waals surface area contributed by atoms with Crippen LogP contribution in [-0.2, 0) is 11.3 Å². The second kappa shape index (κ2) is 5.80. The fourth-order valence-corrected chi connectivity index (χ4v) is 2.17. The summed E-state index contributed by atoms with van der Waals surface area (Å²) in [6.07, 6.45) is -7.27. The molecular formula is C13H15F3N2O2. The zero-order chi connectivity index (χ0) is 14.8. The number of benzene rings is 1. The van der Waals surface area contributed by atoms with Crippen molar-refractivity contribution in [2.24, 2.45) is 0 Å². The topological polar surface area (TPSA) is 61.4 Å². The first-order valence-electron chi connectivity index (χ1n) is 6.20. The van der Waals surface area contributed by atoms with E-state index < -0.39 is 30.7 Å². The van der Waals surface area contributed by atoms with Crippen LogP contribution in [0.3, 0.4) is 0 Å². The van der Waals surface area contributed by atoms with Crippen LogP contribution in [0.5, 0.6) is 0 Å². The van der Waals surface area contributed by atoms with Crippen LogP contribution >= 0.6 is 0 Å². The van der Waals surface area contributed by atoms with Crippen molar-refractivity contribution in [3.05, 3.63) is 35.4 Å². The molecule has 1 amide bonds. The molecule has 0 radical (unpaired) electrons. The standard InChI is InChI=1S/C13H15F3N2O2/c14-13(15,16)11(19)7-18-12(20)10-6-17-5-8-3-1-2-4-9(8)10/h1-4,10-11,17,19H,5-7H2,(H,18,20). The number of nitrogens with one attached hydrogen (secondary N) is 2. The lowest BCUT2D eigenvalue weighted by atomic mass is 9.90. The average Bonchev–Trinajstić information content (AvgIpc) is 2.42. The van der Waals surface area contributed by atoms with Gasteiger partial charge in [0, 0.05) is 13.1 Å². The van der Waals surface area contributed by atoms with E-state index in [1.807, 2.05) is 12.1 Å². The molecule has 1 aliphatic heterocycles. The lowest BCUT2D eigenvalue weighted by Gasteiger charge is -2.26. The fourth-order valence-electron chi connectivity index (χ4n) is 2.17. The molecule has 20 heavy (non-hydrogen) atoms. The molecule has 2 atom stereocenters. The Morgan fingerprint density at radius 1 is 1.45 bits per heavy atom. The molecule has 0 bridgehead atoms. The minimum Gasteiger partial charge on any atom is -0.382 e. The molecule has 1 aliphatic rings. The molecular weight excluding hydrogens is 273 g/mol. The second-order valence-corrected chi connectivity index (χ2v) is 4.68. The fraction of sp³-hybridized carbons (Fsp3) is 0.462. The summed E-state index contributed by atoms with van der Waals surface area (Å²) in [5, 5.41) is 14.1. The molecule has 110 valence electrons. The van der Waals surface area contributed by atoms with Gasteiger partial charge < -0.3 is 15.7 Å². The van der Waals surface area contributed by atoms with E-state index in [0.717, 1.165) is 11.1 Å². The summed E-state index contributed by atoms with van der Waals surface area (Å²) in [5.41, 5.74) is 1.76. The van der Waals surface area contributed by atoms with Gasteiger partial charge in [0.15, 0.2) is 6.10 Å². The van der Waals surface area contributed by atoms with Crippen LogP contribution in [0.15, 0.2) is 24.3 Å². The zero-order valence-corrected chi connectivity index (χ0v) is 10.6. The number of amides is 1. The summed E-state index contributed by atoms with van der Waals surface area (Å²) < 4.78 is 36.5. The van der Waals surface area contributed by atoms with Gasteiger partial charge in [0.2, 0.25) is 5.91 Å². The molecule has 0 aliphatic carbocycles. The van der Waals surface area contributed by atoms with Crippen molar-refractivity contribution in [3.8, 4) is 0 Å². The highest BCUT2D eigenvalue weighted by Crippen LogP contribution is 2.24. The Bertz CT molecular complexity index is 491. The number of aliphatic hydroxyl groups is 1. The van der Waals surface area contributed by atoms with Gasteiger partial charge in [-0.3, -0.25) is 4.79 Å². The minimum absolute atomic E-state index is 0.366. The Hall–Kier alpha value is -1.60. The van der Waals surface area contributed by atoms with Gasteiger partial charge in [-0.25, -0.2) is 0 Å². The summed E-state index contributed by atoms with van der Waals surface area (Å²) in [4.78, 5) is 12.0. The first-order valence-corrected chi connectivity index (χ1v) is 6.20. The van der Waals surface area contributed by atoms with E-state index in [1.54, 1.807) is 12.1 Å². The Labute approximate surface area is 114 Å². The van der Waals surface area contributed by atoms with Gasteiger partial charge in [-0.05, 0) is 11.1 Å². The van der Waals surface area contributed by atoms with Crippen molar-refractivity contribution >= 4 is 5.91 Å². The highest BCUT2D eigenvalue weighted by Gasteiger charge is 2.38. The van der Waals surface area contributed by atoms with Crippen LogP contribution in [0.25, 0.3) is 0 Å². The van der Waals surface area contributed by atoms with Crippen LogP contribution in [0, 0.1) is 0 Å². The van der Waals surface area contributed by atoms with Crippen molar-refractivity contribution in [2.45, 2.75) is 24.7 Å². The maximum atomic E-state index is 12.2. The maximum Gasteiger partial charge on any atom is 0.416 e. The molecule has 0 saturated carbocycles. The Morgan fingerprint density at radius 2 is 2.15 bits per heavy atom. The molecule has 3 N–H and O–H groups in total. The van der Waals surface area contributed by atoms with Gasteiger partial charge in [-0.2, -0.15) is 13.2 Å². The number of hydrogen-bond acceptors (Lipinski definition) is 3. The summed E-state index contributed by atoms with van der Waals surface area (Å²) in [6.45, 7) is 0.164. The van der Waals surface area contributed by atoms with Crippen LogP contribution in [0.2, 0.25) is 0 Å². The molecule has 1 aromatic rings. The predicted molar refractivity (Wildman–Crippen MR) is 66.0 cm³/mol. The van der Waals surface area contributed by atoms with E-state index in [-0.39, 0.29) is 0 Å². The Balaban J connectivity index is 2.01. The lowest BCUT2D eigenvalue weighted by molar-refractivity contribution is -0.201. The SMILES string of the molecule is O=C(NCC(O)C(F)(F)F)C1CNCc2ccccc21. The highest BCUT2D eigenvalue weighted by molar-refractivity contribution is 5.84. The molecule has 2 unspecified atom stereocenters. The molecule has 0 fully saturated rings. The number of rotatable bonds is 3. The third-order valence-electron chi connectivity index (χ3n) is 3.26. The minimum atomic E-state index is -4.73. The van der Waals surface area contributed by atoms with Crippen molar-refractivity contribution < 1.29 is 23.1 Å². The number of halogens is 3. The molecule has 0 aromatic heterocycles. The number of fused-ring (bicyclic) bond motifs is 1. The molecule has 4 nitrogen and oxygen atoms in total. The summed E-state index contributed by atoms with van der Waals surface area (Å²) in [5.74, 6) is -1.06. The van der Waals surface area contributed by atoms with Crippen LogP contribution in [0.4, 0.5) is 13.2 Å². The molecule has 0 spiro atoms. The van der Waals surface area contributed by atoms with Crippen molar-refractivity contribution in [1.82, 2.24) is 10.6 Å². The third kappa shape index (κ3) is 3.29. The van der Waals surface area contributed by atoms with Gasteiger partial charge >= 0.3 is 6.18 Å². The van der Waals surface area contributed by atoms with Crippen LogP contribution in [-0.4, -0.2) is 36.4 Å². The predicted octanol–water partition coefficient (Wildman–Crippen LogP) is 0.913. The Morgan fingerprint density at radius 3 is 2.85 bits per heavy atom. The Kier molecular flexibility index (Phi) is 4.29. The van der Waals surface area contributed by atoms with E-state index in [0.29, 0.717) is 13.1 Å². The first-order chi connectivity index (χ1) is 9.39. The number of hydrogen-bond donors (Lipinski definition) is 3. The van der Waals surface area contributed by atoms with E-state index in [2.05, 4.69) is 10.6 Å². The lowest BCUT2D eigenvalue weighted by Crippen LogP contribution is -2.44. The monoisotopic (exact) mass is 288 g/mol. The second-order valence-electron chi connectivity index (χ2n) is 4.68. The molecule has 7 heteroatoms. The summed E-state index contributed by atoms with van der Waals surface area (Å²) >= 11 is 0. The maximum absolute atomic E-state index is 12.2. The number of carbonyl (C=O) groups excluding carboxylic acids is 1. The summed E-state index contributed by atoms with van der Waals surface area (Å²) in [7, 11) is 0. The van der Waals surface area contributed by atoms with Gasteiger partial charge in [0.25, 0.3) is 0 Å². The first kappa shape index (κ1) is 14.8. The third-order valence-corrected chi connectivity index (χ3v) is 3.26. The highest BCUT2D eigenvalue weighted by atomic mass is 19.4. The van der Waals surface area contributed by atoms with Gasteiger partial charge in [-0.1, -0.05) is 24.3 Å². The number of alkyl halides is 3. The quantitative estimate of drug-likeness (QED) is 0.775. The van der Waals surface area contributed by atoms with E-state index in [4.69, 9.17) is 5.11 Å². The molecule has 1 aromatic carbocycles. The number of carbonyl (C=O) groups is 1. The van der Waals surface area contributed by atoms with Gasteiger partial charge in [0.1, 0.15) is 0 Å². The van der Waals surface area contributed by atoms with E-state index in [9.17, 15) is 18.0 Å². The van der Waals surface area contributed by atoms with E-state index >= 15 is 0 Å². The van der Waals surface area contributed by atoms with Gasteiger partial charge in [0.05, 0.1) is 12.5 Å². The average molecular weight is 288 g/mol. The zero-order valence-electron chi connectivity index (χ0n) is 10.6. The summed E-state index contributed by atoms with van der Waals surface area (Å²) in [6, 6.07) is 7.29. The van der Waals surface area contributed by atoms with Gasteiger partial charge in [-0.15, -0.1) is 0 Å². The van der Waals surface area contributed by atoms with Crippen molar-refractivity contribution in [2.75, 3.05) is 13.1 Å². The van der Waals surface area contributed by atoms with Crippen LogP contribution in [0.1, 0.15) is 17.0 Å². The smallest absolute Gasteiger partial charge is 0.382 e. The van der Waals surface area contributed by atoms with E-state index in [1.165, 1.54) is 0 Å². The largest absolute Gasteiger partial charge is 0.416 e. The van der Waals surface area contributed by atoms with Crippen molar-refractivity contribution in [1.29, 1.82) is 0 Å².